The van der Waals surface area contributed by atoms with Crippen molar-refractivity contribution < 1.29 is 4.42 Å². The Hall–Kier alpha value is -4.90. The highest BCUT2D eigenvalue weighted by molar-refractivity contribution is 6.73. The van der Waals surface area contributed by atoms with Crippen LogP contribution in [0.1, 0.15) is 5.56 Å². The molecule has 0 bridgehead atoms. The van der Waals surface area contributed by atoms with Crippen LogP contribution < -0.4 is 21.3 Å². The Kier molecular flexibility index (Phi) is 4.93. The lowest BCUT2D eigenvalue weighted by Gasteiger charge is -2.22. The summed E-state index contributed by atoms with van der Waals surface area (Å²) in [4.78, 5) is 2.12. The van der Waals surface area contributed by atoms with Gasteiger partial charge in [-0.05, 0) is 72.0 Å². The van der Waals surface area contributed by atoms with E-state index in [9.17, 15) is 0 Å². The zero-order valence-corrected chi connectivity index (χ0v) is 22.8. The van der Waals surface area contributed by atoms with Gasteiger partial charge < -0.3 is 19.2 Å². The Morgan fingerprint density at radius 3 is 2.33 bits per heavy atom. The van der Waals surface area contributed by atoms with Gasteiger partial charge in [-0.3, -0.25) is 0 Å². The number of hydrogen-bond acceptors (Lipinski definition) is 3. The molecule has 4 nitrogen and oxygen atoms in total. The second kappa shape index (κ2) is 8.55. The number of fused-ring (bicyclic) bond motifs is 7. The summed E-state index contributed by atoms with van der Waals surface area (Å²) < 4.78 is 8.99. The third kappa shape index (κ3) is 3.27. The first kappa shape index (κ1) is 23.0. The lowest BCUT2D eigenvalue weighted by molar-refractivity contribution is 0.650. The smallest absolute Gasteiger partial charge is 0.244 e. The third-order valence-corrected chi connectivity index (χ3v) is 8.32. The van der Waals surface area contributed by atoms with Gasteiger partial charge in [-0.15, -0.1) is 0 Å². The molecule has 0 aliphatic carbocycles. The Bertz CT molecular complexity index is 2100. The van der Waals surface area contributed by atoms with E-state index in [-0.39, 0.29) is 0 Å². The molecular formula is C35H28BN3O. The maximum absolute atomic E-state index is 6.53. The number of aryl methyl sites for hydroxylation is 1. The minimum Gasteiger partial charge on any atom is -0.469 e. The molecule has 0 fully saturated rings. The predicted octanol–water partition coefficient (Wildman–Crippen LogP) is 7.02. The highest BCUT2D eigenvalue weighted by Crippen LogP contribution is 2.40. The van der Waals surface area contributed by atoms with Crippen LogP contribution in [0.3, 0.4) is 0 Å². The molecule has 1 aliphatic heterocycles. The highest BCUT2D eigenvalue weighted by atomic mass is 16.3. The Morgan fingerprint density at radius 1 is 0.775 bits per heavy atom. The molecule has 0 atom stereocenters. The number of para-hydroxylation sites is 3. The SMILES string of the molecule is Cc1cc(-c2ccccc2Nc2ccc(N(C)C)cc2)c2c3c1c1ccccc1n3-c1c(oc3ccccc13)B2. The van der Waals surface area contributed by atoms with Crippen LogP contribution in [-0.4, -0.2) is 25.9 Å². The van der Waals surface area contributed by atoms with Crippen LogP contribution in [0.2, 0.25) is 0 Å². The number of benzene rings is 5. The number of nitrogens with zero attached hydrogens (tertiary/aromatic N) is 2. The largest absolute Gasteiger partial charge is 0.469 e. The van der Waals surface area contributed by atoms with E-state index in [2.05, 4.69) is 139 Å². The van der Waals surface area contributed by atoms with Gasteiger partial charge in [-0.2, -0.15) is 0 Å². The summed E-state index contributed by atoms with van der Waals surface area (Å²) in [5, 5.41) is 7.49. The van der Waals surface area contributed by atoms with E-state index in [1.54, 1.807) is 0 Å². The predicted molar refractivity (Wildman–Crippen MR) is 171 cm³/mol. The van der Waals surface area contributed by atoms with Crippen LogP contribution in [0.5, 0.6) is 0 Å². The normalized spacial score (nSPS) is 12.1. The van der Waals surface area contributed by atoms with Crippen LogP contribution in [-0.2, 0) is 0 Å². The summed E-state index contributed by atoms with van der Waals surface area (Å²) in [5.74, 6) is 0. The molecule has 0 unspecified atom stereocenters. The minimum atomic E-state index is 0.748. The summed E-state index contributed by atoms with van der Waals surface area (Å²) in [5.41, 5.74) is 14.0. The molecule has 0 saturated carbocycles. The van der Waals surface area contributed by atoms with E-state index >= 15 is 0 Å². The van der Waals surface area contributed by atoms with Crippen molar-refractivity contribution in [2.45, 2.75) is 6.92 Å². The molecule has 1 aliphatic rings. The van der Waals surface area contributed by atoms with Gasteiger partial charge in [0, 0.05) is 58.4 Å². The number of furan rings is 1. The van der Waals surface area contributed by atoms with E-state index in [1.165, 1.54) is 55.3 Å². The van der Waals surface area contributed by atoms with Crippen molar-refractivity contribution in [2.75, 3.05) is 24.3 Å². The molecule has 2 aromatic heterocycles. The second-order valence-corrected chi connectivity index (χ2v) is 11.0. The lowest BCUT2D eigenvalue weighted by atomic mass is 9.62. The Balaban J connectivity index is 1.39. The van der Waals surface area contributed by atoms with Gasteiger partial charge in [-0.1, -0.05) is 54.6 Å². The number of rotatable bonds is 4. The second-order valence-electron chi connectivity index (χ2n) is 11.0. The molecule has 0 radical (unpaired) electrons. The number of nitrogens with one attached hydrogen (secondary N) is 1. The van der Waals surface area contributed by atoms with Crippen molar-refractivity contribution in [1.82, 2.24) is 4.57 Å². The first-order valence-electron chi connectivity index (χ1n) is 13.8. The minimum absolute atomic E-state index is 0.748. The van der Waals surface area contributed by atoms with Crippen molar-refractivity contribution >= 4 is 68.2 Å². The molecule has 40 heavy (non-hydrogen) atoms. The monoisotopic (exact) mass is 517 g/mol. The fourth-order valence-electron chi connectivity index (χ4n) is 6.51. The van der Waals surface area contributed by atoms with Crippen LogP contribution >= 0.6 is 0 Å². The molecule has 1 N–H and O–H groups in total. The van der Waals surface area contributed by atoms with Crippen molar-refractivity contribution in [2.24, 2.45) is 0 Å². The first-order chi connectivity index (χ1) is 19.6. The van der Waals surface area contributed by atoms with Crippen molar-refractivity contribution in [3.63, 3.8) is 0 Å². The summed E-state index contributed by atoms with van der Waals surface area (Å²) in [6.45, 7) is 2.25. The van der Waals surface area contributed by atoms with Gasteiger partial charge in [0.05, 0.1) is 16.9 Å². The quantitative estimate of drug-likeness (QED) is 0.255. The molecule has 5 heteroatoms. The van der Waals surface area contributed by atoms with E-state index < -0.39 is 0 Å². The van der Waals surface area contributed by atoms with Gasteiger partial charge in [-0.25, -0.2) is 0 Å². The molecule has 0 spiro atoms. The van der Waals surface area contributed by atoms with Crippen LogP contribution in [0.25, 0.3) is 49.6 Å². The fraction of sp³-hybridized carbons (Fsp3) is 0.0857. The third-order valence-electron chi connectivity index (χ3n) is 8.32. The summed E-state index contributed by atoms with van der Waals surface area (Å²) in [6, 6.07) is 36.8. The maximum atomic E-state index is 6.53. The molecule has 7 aromatic rings. The van der Waals surface area contributed by atoms with E-state index in [0.717, 1.165) is 35.3 Å². The zero-order chi connectivity index (χ0) is 27.0. The topological polar surface area (TPSA) is 33.3 Å². The molecule has 0 amide bonds. The van der Waals surface area contributed by atoms with Crippen molar-refractivity contribution in [3.05, 3.63) is 109 Å². The summed E-state index contributed by atoms with van der Waals surface area (Å²) in [7, 11) is 4.88. The standard InChI is InChI=1S/C35H28BN3O/c1-21-20-27(24-10-4-7-13-28(24)37-22-16-18-23(19-17-22)38(2)3)32-34-31(21)25-11-5-8-14-29(25)39(34)33-26-12-6-9-15-30(26)40-35(33)36-32/h4-20,36-37H,1-3H3. The van der Waals surface area contributed by atoms with Crippen LogP contribution in [0, 0.1) is 6.92 Å². The molecule has 5 aromatic carbocycles. The summed E-state index contributed by atoms with van der Waals surface area (Å²) in [6.07, 6.45) is 0. The molecule has 192 valence electrons. The zero-order valence-electron chi connectivity index (χ0n) is 22.8. The van der Waals surface area contributed by atoms with Crippen molar-refractivity contribution in [3.8, 4) is 16.8 Å². The average molecular weight is 517 g/mol. The van der Waals surface area contributed by atoms with Crippen LogP contribution in [0.15, 0.2) is 108 Å². The maximum Gasteiger partial charge on any atom is 0.244 e. The molecule has 8 rings (SSSR count). The van der Waals surface area contributed by atoms with Gasteiger partial charge in [0.15, 0.2) is 0 Å². The highest BCUT2D eigenvalue weighted by Gasteiger charge is 2.31. The van der Waals surface area contributed by atoms with E-state index in [4.69, 9.17) is 4.42 Å². The first-order valence-corrected chi connectivity index (χ1v) is 13.8. The number of anilines is 3. The fourth-order valence-corrected chi connectivity index (χ4v) is 6.51. The number of aromatic nitrogens is 1. The molecular weight excluding hydrogens is 489 g/mol. The van der Waals surface area contributed by atoms with Crippen LogP contribution in [0.4, 0.5) is 17.1 Å². The number of hydrogen-bond donors (Lipinski definition) is 1. The van der Waals surface area contributed by atoms with Crippen molar-refractivity contribution in [1.29, 1.82) is 0 Å². The lowest BCUT2D eigenvalue weighted by Crippen LogP contribution is -2.36. The van der Waals surface area contributed by atoms with Gasteiger partial charge in [0.25, 0.3) is 0 Å². The molecule has 3 heterocycles. The van der Waals surface area contributed by atoms with Gasteiger partial charge >= 0.3 is 0 Å². The Morgan fingerprint density at radius 2 is 1.50 bits per heavy atom. The Labute approximate surface area is 233 Å². The van der Waals surface area contributed by atoms with Gasteiger partial charge in [0.1, 0.15) is 5.58 Å². The average Bonchev–Trinajstić information content (AvgIpc) is 3.52. The van der Waals surface area contributed by atoms with E-state index in [1.807, 2.05) is 0 Å². The summed E-state index contributed by atoms with van der Waals surface area (Å²) >= 11 is 0. The van der Waals surface area contributed by atoms with E-state index in [0.29, 0.717) is 0 Å². The molecule has 0 saturated heterocycles. The van der Waals surface area contributed by atoms with Gasteiger partial charge in [0.2, 0.25) is 7.28 Å².